The number of nitrogens with zero attached hydrogens (tertiary/aromatic N) is 2. The zero-order valence-corrected chi connectivity index (χ0v) is 17.5. The largest absolute Gasteiger partial charge is 0.497 e. The number of benzene rings is 2. The topological polar surface area (TPSA) is 101 Å². The summed E-state index contributed by atoms with van der Waals surface area (Å²) < 4.78 is 17.8. The predicted molar refractivity (Wildman–Crippen MR) is 115 cm³/mol. The summed E-state index contributed by atoms with van der Waals surface area (Å²) in [4.78, 5) is 37.3. The SMILES string of the molecule is COc1ccc(Cn2ccn(CC(=O)Nc3cc(OC)cc(OC)c3)c(=O)c2=O)cc1. The molecule has 1 N–H and O–H groups in total. The van der Waals surface area contributed by atoms with E-state index in [0.717, 1.165) is 10.1 Å². The van der Waals surface area contributed by atoms with Crippen molar-refractivity contribution < 1.29 is 19.0 Å². The molecular formula is C22H23N3O6. The Hall–Kier alpha value is -4.01. The molecule has 1 amide bonds. The molecule has 31 heavy (non-hydrogen) atoms. The van der Waals surface area contributed by atoms with Crippen LogP contribution in [-0.4, -0.2) is 36.4 Å². The van der Waals surface area contributed by atoms with E-state index < -0.39 is 17.0 Å². The first-order valence-corrected chi connectivity index (χ1v) is 9.39. The Bertz CT molecular complexity index is 1160. The molecule has 0 saturated heterocycles. The van der Waals surface area contributed by atoms with Crippen LogP contribution in [0.2, 0.25) is 0 Å². The maximum Gasteiger partial charge on any atom is 0.316 e. The van der Waals surface area contributed by atoms with Crippen LogP contribution >= 0.6 is 0 Å². The van der Waals surface area contributed by atoms with Crippen molar-refractivity contribution in [1.82, 2.24) is 9.13 Å². The average Bonchev–Trinajstić information content (AvgIpc) is 2.78. The molecule has 0 radical (unpaired) electrons. The quantitative estimate of drug-likeness (QED) is 0.552. The lowest BCUT2D eigenvalue weighted by atomic mass is 10.2. The number of methoxy groups -OCH3 is 3. The summed E-state index contributed by atoms with van der Waals surface area (Å²) in [5.41, 5.74) is -0.213. The second kappa shape index (κ2) is 9.66. The van der Waals surface area contributed by atoms with E-state index in [-0.39, 0.29) is 13.1 Å². The Morgan fingerprint density at radius 2 is 1.35 bits per heavy atom. The van der Waals surface area contributed by atoms with Gasteiger partial charge in [0.2, 0.25) is 5.91 Å². The number of hydrogen-bond donors (Lipinski definition) is 1. The summed E-state index contributed by atoms with van der Waals surface area (Å²) in [5.74, 6) is 1.25. The minimum atomic E-state index is -0.783. The second-order valence-electron chi connectivity index (χ2n) is 6.66. The van der Waals surface area contributed by atoms with Crippen molar-refractivity contribution in [3.8, 4) is 17.2 Å². The number of hydrogen-bond acceptors (Lipinski definition) is 6. The molecule has 2 aromatic carbocycles. The van der Waals surface area contributed by atoms with E-state index in [1.54, 1.807) is 37.4 Å². The van der Waals surface area contributed by atoms with E-state index in [0.29, 0.717) is 22.9 Å². The van der Waals surface area contributed by atoms with E-state index in [2.05, 4.69) is 5.32 Å². The monoisotopic (exact) mass is 425 g/mol. The van der Waals surface area contributed by atoms with Gasteiger partial charge in [0.15, 0.2) is 0 Å². The third kappa shape index (κ3) is 5.33. The van der Waals surface area contributed by atoms with Gasteiger partial charge in [-0.15, -0.1) is 0 Å². The molecular weight excluding hydrogens is 402 g/mol. The van der Waals surface area contributed by atoms with Crippen LogP contribution in [0.4, 0.5) is 5.69 Å². The Balaban J connectivity index is 1.73. The van der Waals surface area contributed by atoms with Crippen molar-refractivity contribution in [3.63, 3.8) is 0 Å². The standard InChI is InChI=1S/C22H23N3O6/c1-29-17-6-4-15(5-7-17)13-24-8-9-25(22(28)21(24)27)14-20(26)23-16-10-18(30-2)12-19(11-16)31-3/h4-12H,13-14H2,1-3H3,(H,23,26). The van der Waals surface area contributed by atoms with Crippen LogP contribution < -0.4 is 30.6 Å². The Morgan fingerprint density at radius 1 is 0.806 bits per heavy atom. The first kappa shape index (κ1) is 21.7. The lowest BCUT2D eigenvalue weighted by molar-refractivity contribution is -0.116. The van der Waals surface area contributed by atoms with Crippen molar-refractivity contribution in [2.75, 3.05) is 26.6 Å². The van der Waals surface area contributed by atoms with E-state index >= 15 is 0 Å². The molecule has 0 atom stereocenters. The van der Waals surface area contributed by atoms with Crippen LogP contribution in [0, 0.1) is 0 Å². The van der Waals surface area contributed by atoms with Crippen molar-refractivity contribution in [2.45, 2.75) is 13.1 Å². The van der Waals surface area contributed by atoms with Gasteiger partial charge in [0, 0.05) is 36.3 Å². The molecule has 9 nitrogen and oxygen atoms in total. The number of rotatable bonds is 8. The highest BCUT2D eigenvalue weighted by Gasteiger charge is 2.11. The summed E-state index contributed by atoms with van der Waals surface area (Å²) in [6.45, 7) is -0.0777. The number of carbonyl (C=O) groups excluding carboxylic acids is 1. The number of amides is 1. The second-order valence-corrected chi connectivity index (χ2v) is 6.66. The molecule has 0 aliphatic heterocycles. The highest BCUT2D eigenvalue weighted by atomic mass is 16.5. The van der Waals surface area contributed by atoms with Gasteiger partial charge in [-0.1, -0.05) is 12.1 Å². The molecule has 0 unspecified atom stereocenters. The van der Waals surface area contributed by atoms with Crippen molar-refractivity contribution in [3.05, 3.63) is 81.1 Å². The minimum Gasteiger partial charge on any atom is -0.497 e. The van der Waals surface area contributed by atoms with Crippen molar-refractivity contribution in [1.29, 1.82) is 0 Å². The maximum atomic E-state index is 12.5. The molecule has 162 valence electrons. The van der Waals surface area contributed by atoms with Gasteiger partial charge in [0.1, 0.15) is 23.8 Å². The van der Waals surface area contributed by atoms with Gasteiger partial charge in [-0.25, -0.2) is 0 Å². The smallest absolute Gasteiger partial charge is 0.316 e. The van der Waals surface area contributed by atoms with Crippen molar-refractivity contribution in [2.24, 2.45) is 0 Å². The molecule has 0 aliphatic carbocycles. The predicted octanol–water partition coefficient (Wildman–Crippen LogP) is 1.72. The Labute approximate surface area is 178 Å². The van der Waals surface area contributed by atoms with E-state index in [1.165, 1.54) is 31.2 Å². The van der Waals surface area contributed by atoms with Gasteiger partial charge >= 0.3 is 11.1 Å². The maximum absolute atomic E-state index is 12.5. The fraction of sp³-hybridized carbons (Fsp3) is 0.227. The lowest BCUT2D eigenvalue weighted by Gasteiger charge is -2.11. The minimum absolute atomic E-state index is 0.231. The molecule has 0 bridgehead atoms. The third-order valence-electron chi connectivity index (χ3n) is 4.59. The average molecular weight is 425 g/mol. The van der Waals surface area contributed by atoms with Gasteiger partial charge < -0.3 is 24.1 Å². The summed E-state index contributed by atoms with van der Waals surface area (Å²) in [6.07, 6.45) is 2.90. The summed E-state index contributed by atoms with van der Waals surface area (Å²) in [5, 5.41) is 2.67. The zero-order valence-electron chi connectivity index (χ0n) is 17.5. The highest BCUT2D eigenvalue weighted by Crippen LogP contribution is 2.25. The molecule has 3 aromatic rings. The first-order valence-electron chi connectivity index (χ1n) is 9.39. The van der Waals surface area contributed by atoms with Gasteiger partial charge in [-0.05, 0) is 17.7 Å². The van der Waals surface area contributed by atoms with Crippen LogP contribution in [0.3, 0.4) is 0 Å². The van der Waals surface area contributed by atoms with Gasteiger partial charge in [-0.2, -0.15) is 0 Å². The van der Waals surface area contributed by atoms with Gasteiger partial charge in [0.05, 0.1) is 27.9 Å². The molecule has 0 spiro atoms. The molecule has 3 rings (SSSR count). The molecule has 0 aliphatic rings. The van der Waals surface area contributed by atoms with Crippen LogP contribution in [0.5, 0.6) is 17.2 Å². The number of nitrogens with one attached hydrogen (secondary N) is 1. The van der Waals surface area contributed by atoms with Crippen molar-refractivity contribution >= 4 is 11.6 Å². The zero-order chi connectivity index (χ0) is 22.4. The van der Waals surface area contributed by atoms with Gasteiger partial charge in [-0.3, -0.25) is 19.0 Å². The molecule has 0 fully saturated rings. The Kier molecular flexibility index (Phi) is 6.76. The summed E-state index contributed by atoms with van der Waals surface area (Å²) in [7, 11) is 4.57. The Morgan fingerprint density at radius 3 is 1.94 bits per heavy atom. The molecule has 1 aromatic heterocycles. The molecule has 0 saturated carbocycles. The fourth-order valence-electron chi connectivity index (χ4n) is 2.95. The van der Waals surface area contributed by atoms with Crippen LogP contribution in [-0.2, 0) is 17.9 Å². The van der Waals surface area contributed by atoms with E-state index in [9.17, 15) is 14.4 Å². The number of ether oxygens (including phenoxy) is 3. The normalized spacial score (nSPS) is 10.4. The van der Waals surface area contributed by atoms with Crippen LogP contribution in [0.25, 0.3) is 0 Å². The summed E-state index contributed by atoms with van der Waals surface area (Å²) >= 11 is 0. The van der Waals surface area contributed by atoms with Crippen LogP contribution in [0.15, 0.2) is 64.4 Å². The highest BCUT2D eigenvalue weighted by molar-refractivity contribution is 5.91. The lowest BCUT2D eigenvalue weighted by Crippen LogP contribution is -2.42. The first-order chi connectivity index (χ1) is 14.9. The van der Waals surface area contributed by atoms with E-state index in [4.69, 9.17) is 14.2 Å². The van der Waals surface area contributed by atoms with E-state index in [1.807, 2.05) is 12.1 Å². The molecule has 1 heterocycles. The fourth-order valence-corrected chi connectivity index (χ4v) is 2.95. The number of anilines is 1. The van der Waals surface area contributed by atoms with Gasteiger partial charge in [0.25, 0.3) is 0 Å². The third-order valence-corrected chi connectivity index (χ3v) is 4.59. The number of aromatic nitrogens is 2. The number of carbonyl (C=O) groups is 1. The van der Waals surface area contributed by atoms with Crippen LogP contribution in [0.1, 0.15) is 5.56 Å². The molecule has 9 heteroatoms. The summed E-state index contributed by atoms with van der Waals surface area (Å²) in [6, 6.07) is 12.1.